The van der Waals surface area contributed by atoms with Crippen molar-refractivity contribution in [3.8, 4) is 11.1 Å². The molecular formula is C25H25N3O5S. The summed E-state index contributed by atoms with van der Waals surface area (Å²) in [5.41, 5.74) is 4.50. The van der Waals surface area contributed by atoms with Crippen LogP contribution in [0.2, 0.25) is 0 Å². The Hall–Kier alpha value is -3.72. The summed E-state index contributed by atoms with van der Waals surface area (Å²) in [6.45, 7) is 3.78. The van der Waals surface area contributed by atoms with E-state index in [9.17, 15) is 19.5 Å². The molecule has 2 atom stereocenters. The zero-order valence-electron chi connectivity index (χ0n) is 18.8. The molecule has 0 radical (unpaired) electrons. The van der Waals surface area contributed by atoms with Crippen LogP contribution in [0.5, 0.6) is 0 Å². The normalized spacial score (nSPS) is 13.9. The Bertz CT molecular complexity index is 1180. The number of carboxylic acids is 1. The molecule has 34 heavy (non-hydrogen) atoms. The Balaban J connectivity index is 1.37. The number of rotatable bonds is 8. The monoisotopic (exact) mass is 479 g/mol. The molecule has 1 aromatic heterocycles. The topological polar surface area (TPSA) is 118 Å². The number of nitrogens with zero attached hydrogens (tertiary/aromatic N) is 1. The van der Waals surface area contributed by atoms with Gasteiger partial charge < -0.3 is 15.2 Å². The van der Waals surface area contributed by atoms with Gasteiger partial charge in [-0.05, 0) is 28.2 Å². The molecule has 2 amide bonds. The molecule has 1 heterocycles. The average molecular weight is 480 g/mol. The second kappa shape index (κ2) is 10.0. The third-order valence-electron chi connectivity index (χ3n) is 6.05. The van der Waals surface area contributed by atoms with Crippen molar-refractivity contribution in [1.82, 2.24) is 10.3 Å². The minimum atomic E-state index is -1.09. The van der Waals surface area contributed by atoms with Crippen molar-refractivity contribution in [1.29, 1.82) is 0 Å². The SMILES string of the molecule is CCC(C)C(NC(=O)c1cnc(NC(=O)OCC2c3ccccc3-c3ccccc32)s1)C(=O)O. The first kappa shape index (κ1) is 23.4. The number of anilines is 1. The Morgan fingerprint density at radius 3 is 2.29 bits per heavy atom. The lowest BCUT2D eigenvalue weighted by atomic mass is 9.98. The Morgan fingerprint density at radius 1 is 1.09 bits per heavy atom. The minimum Gasteiger partial charge on any atom is -0.480 e. The number of carbonyl (C=O) groups is 3. The molecule has 176 valence electrons. The molecule has 0 spiro atoms. The molecule has 0 saturated heterocycles. The number of amides is 2. The lowest BCUT2D eigenvalue weighted by Crippen LogP contribution is -2.44. The van der Waals surface area contributed by atoms with E-state index < -0.39 is 24.0 Å². The van der Waals surface area contributed by atoms with Crippen LogP contribution in [0.3, 0.4) is 0 Å². The van der Waals surface area contributed by atoms with E-state index in [4.69, 9.17) is 4.74 Å². The molecule has 3 N–H and O–H groups in total. The number of hydrogen-bond donors (Lipinski definition) is 3. The van der Waals surface area contributed by atoms with Crippen LogP contribution in [0.4, 0.5) is 9.93 Å². The molecule has 3 aromatic rings. The fourth-order valence-corrected chi connectivity index (χ4v) is 4.76. The zero-order valence-corrected chi connectivity index (χ0v) is 19.6. The average Bonchev–Trinajstić information content (AvgIpc) is 3.43. The number of fused-ring (bicyclic) bond motifs is 3. The first-order chi connectivity index (χ1) is 16.4. The van der Waals surface area contributed by atoms with Gasteiger partial charge in [-0.15, -0.1) is 0 Å². The van der Waals surface area contributed by atoms with E-state index in [0.717, 1.165) is 33.6 Å². The quantitative estimate of drug-likeness (QED) is 0.430. The van der Waals surface area contributed by atoms with Crippen molar-refractivity contribution in [3.05, 3.63) is 70.7 Å². The van der Waals surface area contributed by atoms with Gasteiger partial charge in [0.15, 0.2) is 5.13 Å². The summed E-state index contributed by atoms with van der Waals surface area (Å²) in [6, 6.07) is 15.1. The van der Waals surface area contributed by atoms with Crippen molar-refractivity contribution in [2.75, 3.05) is 11.9 Å². The number of benzene rings is 2. The number of carboxylic acid groups (broad SMARTS) is 1. The van der Waals surface area contributed by atoms with Crippen LogP contribution < -0.4 is 10.6 Å². The van der Waals surface area contributed by atoms with Crippen molar-refractivity contribution >= 4 is 34.4 Å². The molecule has 0 fully saturated rings. The predicted octanol–water partition coefficient (Wildman–Crippen LogP) is 4.73. The van der Waals surface area contributed by atoms with Crippen LogP contribution >= 0.6 is 11.3 Å². The standard InChI is InChI=1S/C25H25N3O5S/c1-3-14(2)21(23(30)31)27-22(29)20-12-26-24(34-20)28-25(32)33-13-19-17-10-6-4-8-15(17)16-9-5-7-11-18(16)19/h4-12,14,19,21H,3,13H2,1-2H3,(H,27,29)(H,30,31)(H,26,28,32). The fraction of sp³-hybridized carbons (Fsp3) is 0.280. The van der Waals surface area contributed by atoms with Gasteiger partial charge in [-0.25, -0.2) is 14.6 Å². The zero-order chi connectivity index (χ0) is 24.2. The summed E-state index contributed by atoms with van der Waals surface area (Å²) in [4.78, 5) is 40.6. The summed E-state index contributed by atoms with van der Waals surface area (Å²) < 4.78 is 5.49. The third kappa shape index (κ3) is 4.79. The van der Waals surface area contributed by atoms with Crippen molar-refractivity contribution in [2.24, 2.45) is 5.92 Å². The van der Waals surface area contributed by atoms with Crippen LogP contribution in [0.15, 0.2) is 54.7 Å². The van der Waals surface area contributed by atoms with Crippen LogP contribution in [0.1, 0.15) is 47.0 Å². The Labute approximate surface area is 201 Å². The Kier molecular flexibility index (Phi) is 6.93. The summed E-state index contributed by atoms with van der Waals surface area (Å²) in [7, 11) is 0. The molecule has 4 rings (SSSR count). The molecular weight excluding hydrogens is 454 g/mol. The van der Waals surface area contributed by atoms with Crippen LogP contribution in [-0.4, -0.2) is 40.7 Å². The summed E-state index contributed by atoms with van der Waals surface area (Å²) in [5.74, 6) is -1.94. The number of aromatic nitrogens is 1. The molecule has 2 aromatic carbocycles. The van der Waals surface area contributed by atoms with Crippen molar-refractivity contribution < 1.29 is 24.2 Å². The highest BCUT2D eigenvalue weighted by Crippen LogP contribution is 2.44. The van der Waals surface area contributed by atoms with Gasteiger partial charge in [-0.1, -0.05) is 80.1 Å². The lowest BCUT2D eigenvalue weighted by Gasteiger charge is -2.19. The smallest absolute Gasteiger partial charge is 0.413 e. The van der Waals surface area contributed by atoms with Gasteiger partial charge in [0.2, 0.25) is 0 Å². The number of carbonyl (C=O) groups excluding carboxylic acids is 2. The second-order valence-electron chi connectivity index (χ2n) is 8.16. The maximum atomic E-state index is 12.5. The second-order valence-corrected chi connectivity index (χ2v) is 9.19. The summed E-state index contributed by atoms with van der Waals surface area (Å²) in [5, 5.41) is 14.6. The maximum Gasteiger partial charge on any atom is 0.413 e. The van der Waals surface area contributed by atoms with E-state index in [2.05, 4.69) is 27.8 Å². The van der Waals surface area contributed by atoms with Crippen LogP contribution in [-0.2, 0) is 9.53 Å². The first-order valence-electron chi connectivity index (χ1n) is 11.0. The number of thiazole rings is 1. The third-order valence-corrected chi connectivity index (χ3v) is 6.96. The molecule has 8 nitrogen and oxygen atoms in total. The van der Waals surface area contributed by atoms with Gasteiger partial charge in [0.1, 0.15) is 17.5 Å². The van der Waals surface area contributed by atoms with Gasteiger partial charge in [0, 0.05) is 5.92 Å². The molecule has 0 saturated carbocycles. The highest BCUT2D eigenvalue weighted by molar-refractivity contribution is 7.17. The number of ether oxygens (including phenoxy) is 1. The maximum absolute atomic E-state index is 12.5. The molecule has 2 unspecified atom stereocenters. The number of hydrogen-bond acceptors (Lipinski definition) is 6. The van der Waals surface area contributed by atoms with E-state index in [-0.39, 0.29) is 28.5 Å². The van der Waals surface area contributed by atoms with Gasteiger partial charge in [-0.3, -0.25) is 10.1 Å². The van der Waals surface area contributed by atoms with Crippen LogP contribution in [0, 0.1) is 5.92 Å². The van der Waals surface area contributed by atoms with Crippen molar-refractivity contribution in [2.45, 2.75) is 32.2 Å². The van der Waals surface area contributed by atoms with E-state index in [0.29, 0.717) is 6.42 Å². The van der Waals surface area contributed by atoms with E-state index >= 15 is 0 Å². The Morgan fingerprint density at radius 2 is 1.71 bits per heavy atom. The highest BCUT2D eigenvalue weighted by atomic mass is 32.1. The van der Waals surface area contributed by atoms with Gasteiger partial charge >= 0.3 is 12.1 Å². The highest BCUT2D eigenvalue weighted by Gasteiger charge is 2.29. The van der Waals surface area contributed by atoms with Gasteiger partial charge in [0.05, 0.1) is 6.20 Å². The molecule has 9 heteroatoms. The molecule has 0 bridgehead atoms. The lowest BCUT2D eigenvalue weighted by molar-refractivity contribution is -0.140. The minimum absolute atomic E-state index is 0.0655. The van der Waals surface area contributed by atoms with Crippen LogP contribution in [0.25, 0.3) is 11.1 Å². The fourth-order valence-electron chi connectivity index (χ4n) is 4.05. The molecule has 1 aliphatic rings. The van der Waals surface area contributed by atoms with Gasteiger partial charge in [-0.2, -0.15) is 0 Å². The number of aliphatic carboxylic acids is 1. The van der Waals surface area contributed by atoms with E-state index in [1.54, 1.807) is 6.92 Å². The summed E-state index contributed by atoms with van der Waals surface area (Å²) >= 11 is 0.950. The number of nitrogens with one attached hydrogen (secondary N) is 2. The van der Waals surface area contributed by atoms with E-state index in [1.165, 1.54) is 6.20 Å². The largest absolute Gasteiger partial charge is 0.480 e. The molecule has 1 aliphatic carbocycles. The molecule has 0 aliphatic heterocycles. The van der Waals surface area contributed by atoms with Crippen molar-refractivity contribution in [3.63, 3.8) is 0 Å². The van der Waals surface area contributed by atoms with Gasteiger partial charge in [0.25, 0.3) is 5.91 Å². The van der Waals surface area contributed by atoms with E-state index in [1.807, 2.05) is 43.3 Å². The predicted molar refractivity (Wildman–Crippen MR) is 129 cm³/mol. The first-order valence-corrected chi connectivity index (χ1v) is 11.8. The summed E-state index contributed by atoms with van der Waals surface area (Å²) in [6.07, 6.45) is 1.23.